The summed E-state index contributed by atoms with van der Waals surface area (Å²) < 4.78 is 0. The fourth-order valence-corrected chi connectivity index (χ4v) is 3.38. The summed E-state index contributed by atoms with van der Waals surface area (Å²) in [6, 6.07) is 0. The van der Waals surface area contributed by atoms with Crippen LogP contribution in [-0.2, 0) is 4.79 Å². The molecule has 17 heavy (non-hydrogen) atoms. The summed E-state index contributed by atoms with van der Waals surface area (Å²) in [7, 11) is 0. The molecule has 2 nitrogen and oxygen atoms in total. The van der Waals surface area contributed by atoms with E-state index in [1.165, 1.54) is 26.1 Å². The van der Waals surface area contributed by atoms with Crippen LogP contribution >= 0.6 is 0 Å². The van der Waals surface area contributed by atoms with Gasteiger partial charge in [-0.15, -0.1) is 0 Å². The second kappa shape index (κ2) is 4.72. The highest BCUT2D eigenvalue weighted by Gasteiger charge is 2.54. The summed E-state index contributed by atoms with van der Waals surface area (Å²) in [5, 5.41) is 0. The summed E-state index contributed by atoms with van der Waals surface area (Å²) in [5.74, 6) is 3.07. The first-order valence-corrected chi connectivity index (χ1v) is 7.15. The standard InChI is InChI=1S/C15H27NO/c1-5-15(3,4)10-16-8-13-12(14(13)9-16)7-6-11(2)17/h12-14H,5-10H2,1-4H3. The molecule has 2 fully saturated rings. The first kappa shape index (κ1) is 13.1. The Labute approximate surface area is 106 Å². The molecule has 0 spiro atoms. The SMILES string of the molecule is CCC(C)(C)CN1CC2C(CCC(C)=O)C2C1. The maximum Gasteiger partial charge on any atom is 0.129 e. The van der Waals surface area contributed by atoms with Crippen LogP contribution in [-0.4, -0.2) is 30.3 Å². The number of carbonyl (C=O) groups excluding carboxylic acids is 1. The molecule has 0 aromatic carbocycles. The van der Waals surface area contributed by atoms with Gasteiger partial charge in [-0.2, -0.15) is 0 Å². The number of Topliss-reactive ketones (excluding diaryl/α,β-unsaturated/α-hetero) is 1. The Morgan fingerprint density at radius 3 is 2.35 bits per heavy atom. The molecule has 2 atom stereocenters. The third-order valence-corrected chi connectivity index (χ3v) is 4.89. The van der Waals surface area contributed by atoms with Gasteiger partial charge in [0.05, 0.1) is 0 Å². The normalized spacial score (nSPS) is 32.6. The minimum atomic E-state index is 0.360. The smallest absolute Gasteiger partial charge is 0.129 e. The molecule has 0 amide bonds. The van der Waals surface area contributed by atoms with Gasteiger partial charge in [0.1, 0.15) is 5.78 Å². The number of hydrogen-bond acceptors (Lipinski definition) is 2. The molecule has 1 aliphatic heterocycles. The molecule has 0 bridgehead atoms. The third-order valence-electron chi connectivity index (χ3n) is 4.89. The molecular formula is C15H27NO. The molecule has 2 unspecified atom stereocenters. The fraction of sp³-hybridized carbons (Fsp3) is 0.933. The highest BCUT2D eigenvalue weighted by Crippen LogP contribution is 2.54. The molecule has 0 aromatic heterocycles. The number of likely N-dealkylation sites (tertiary alicyclic amines) is 1. The monoisotopic (exact) mass is 237 g/mol. The number of hydrogen-bond donors (Lipinski definition) is 0. The lowest BCUT2D eigenvalue weighted by Crippen LogP contribution is -2.34. The van der Waals surface area contributed by atoms with Crippen molar-refractivity contribution in [3.05, 3.63) is 0 Å². The van der Waals surface area contributed by atoms with Crippen LogP contribution in [0.2, 0.25) is 0 Å². The lowest BCUT2D eigenvalue weighted by molar-refractivity contribution is -0.117. The molecule has 2 aliphatic rings. The molecule has 1 saturated carbocycles. The molecular weight excluding hydrogens is 210 g/mol. The summed E-state index contributed by atoms with van der Waals surface area (Å²) in [4.78, 5) is 13.6. The highest BCUT2D eigenvalue weighted by molar-refractivity contribution is 5.75. The Kier molecular flexibility index (Phi) is 3.63. The van der Waals surface area contributed by atoms with Crippen molar-refractivity contribution in [3.63, 3.8) is 0 Å². The van der Waals surface area contributed by atoms with E-state index in [1.54, 1.807) is 6.92 Å². The van der Waals surface area contributed by atoms with E-state index in [1.807, 2.05) is 0 Å². The molecule has 0 aromatic rings. The fourth-order valence-electron chi connectivity index (χ4n) is 3.38. The number of rotatable bonds is 6. The van der Waals surface area contributed by atoms with Gasteiger partial charge in [0, 0.05) is 26.1 Å². The van der Waals surface area contributed by atoms with Gasteiger partial charge < -0.3 is 9.69 Å². The van der Waals surface area contributed by atoms with Crippen molar-refractivity contribution in [2.24, 2.45) is 23.2 Å². The van der Waals surface area contributed by atoms with E-state index in [-0.39, 0.29) is 0 Å². The van der Waals surface area contributed by atoms with Gasteiger partial charge in [-0.1, -0.05) is 20.8 Å². The average molecular weight is 237 g/mol. The average Bonchev–Trinajstić information content (AvgIpc) is 2.69. The van der Waals surface area contributed by atoms with Crippen LogP contribution in [0, 0.1) is 23.2 Å². The number of fused-ring (bicyclic) bond motifs is 1. The minimum absolute atomic E-state index is 0.360. The predicted octanol–water partition coefficient (Wildman–Crippen LogP) is 2.97. The summed E-state index contributed by atoms with van der Waals surface area (Å²) in [5.41, 5.74) is 0.464. The Morgan fingerprint density at radius 2 is 1.88 bits per heavy atom. The van der Waals surface area contributed by atoms with Gasteiger partial charge >= 0.3 is 0 Å². The molecule has 1 heterocycles. The van der Waals surface area contributed by atoms with Crippen LogP contribution in [0.3, 0.4) is 0 Å². The maximum absolute atomic E-state index is 11.0. The highest BCUT2D eigenvalue weighted by atomic mass is 16.1. The van der Waals surface area contributed by atoms with Gasteiger partial charge in [0.25, 0.3) is 0 Å². The molecule has 98 valence electrons. The Bertz CT molecular complexity index is 285. The van der Waals surface area contributed by atoms with Crippen LogP contribution in [0.15, 0.2) is 0 Å². The quantitative estimate of drug-likeness (QED) is 0.708. The summed E-state index contributed by atoms with van der Waals surface area (Å²) in [6.07, 6.45) is 3.21. The molecule has 1 aliphatic carbocycles. The van der Waals surface area contributed by atoms with Crippen molar-refractivity contribution >= 4 is 5.78 Å². The molecule has 0 radical (unpaired) electrons. The summed E-state index contributed by atoms with van der Waals surface area (Å²) >= 11 is 0. The third kappa shape index (κ3) is 3.09. The van der Waals surface area contributed by atoms with E-state index in [4.69, 9.17) is 0 Å². The van der Waals surface area contributed by atoms with Crippen LogP contribution in [0.25, 0.3) is 0 Å². The van der Waals surface area contributed by atoms with Gasteiger partial charge in [0.2, 0.25) is 0 Å². The Hall–Kier alpha value is -0.370. The summed E-state index contributed by atoms with van der Waals surface area (Å²) in [6.45, 7) is 12.6. The Morgan fingerprint density at radius 1 is 1.29 bits per heavy atom. The van der Waals surface area contributed by atoms with Gasteiger partial charge in [-0.05, 0) is 42.9 Å². The number of ketones is 1. The first-order chi connectivity index (χ1) is 7.93. The van der Waals surface area contributed by atoms with Crippen molar-refractivity contribution in [2.45, 2.75) is 47.0 Å². The lowest BCUT2D eigenvalue weighted by Gasteiger charge is -2.30. The second-order valence-corrected chi connectivity index (χ2v) is 6.94. The van der Waals surface area contributed by atoms with Gasteiger partial charge in [-0.3, -0.25) is 0 Å². The number of nitrogens with zero attached hydrogens (tertiary/aromatic N) is 1. The van der Waals surface area contributed by atoms with Gasteiger partial charge in [0.15, 0.2) is 0 Å². The van der Waals surface area contributed by atoms with E-state index in [2.05, 4.69) is 25.7 Å². The molecule has 2 heteroatoms. The maximum atomic E-state index is 11.0. The van der Waals surface area contributed by atoms with E-state index in [0.717, 1.165) is 30.6 Å². The lowest BCUT2D eigenvalue weighted by atomic mass is 9.89. The van der Waals surface area contributed by atoms with Crippen LogP contribution in [0.5, 0.6) is 0 Å². The first-order valence-electron chi connectivity index (χ1n) is 7.15. The largest absolute Gasteiger partial charge is 0.302 e. The van der Waals surface area contributed by atoms with Gasteiger partial charge in [-0.25, -0.2) is 0 Å². The number of carbonyl (C=O) groups is 1. The van der Waals surface area contributed by atoms with E-state index >= 15 is 0 Å². The van der Waals surface area contributed by atoms with Crippen LogP contribution in [0.4, 0.5) is 0 Å². The van der Waals surface area contributed by atoms with E-state index in [0.29, 0.717) is 11.2 Å². The van der Waals surface area contributed by atoms with Crippen LogP contribution < -0.4 is 0 Å². The van der Waals surface area contributed by atoms with Crippen molar-refractivity contribution in [1.82, 2.24) is 4.90 Å². The second-order valence-electron chi connectivity index (χ2n) is 6.94. The van der Waals surface area contributed by atoms with E-state index in [9.17, 15) is 4.79 Å². The van der Waals surface area contributed by atoms with Crippen molar-refractivity contribution in [2.75, 3.05) is 19.6 Å². The zero-order valence-electron chi connectivity index (χ0n) is 11.8. The predicted molar refractivity (Wildman–Crippen MR) is 70.9 cm³/mol. The van der Waals surface area contributed by atoms with Crippen molar-refractivity contribution < 1.29 is 4.79 Å². The molecule has 0 N–H and O–H groups in total. The Balaban J connectivity index is 1.70. The zero-order chi connectivity index (χ0) is 12.6. The molecule has 2 rings (SSSR count). The zero-order valence-corrected chi connectivity index (χ0v) is 11.8. The number of piperidine rings is 1. The van der Waals surface area contributed by atoms with Crippen molar-refractivity contribution in [1.29, 1.82) is 0 Å². The van der Waals surface area contributed by atoms with E-state index < -0.39 is 0 Å². The topological polar surface area (TPSA) is 20.3 Å². The minimum Gasteiger partial charge on any atom is -0.302 e. The molecule has 1 saturated heterocycles. The van der Waals surface area contributed by atoms with Crippen molar-refractivity contribution in [3.8, 4) is 0 Å². The van der Waals surface area contributed by atoms with Crippen LogP contribution in [0.1, 0.15) is 47.0 Å².